The molecule has 0 aromatic rings. The van der Waals surface area contributed by atoms with Gasteiger partial charge in [-0.1, -0.05) is 6.42 Å². The standard InChI is InChI=1S/C13H23NO3/c1-11(2,3)17-10(16)14-8-13(9-15)7-12(13)5-4-6-12/h15H,4-9H2,1-3H3,(H,14,16). The first kappa shape index (κ1) is 12.7. The SMILES string of the molecule is CC(C)(C)OC(=O)NCC1(CO)CC12CCC2. The Hall–Kier alpha value is -0.770. The minimum atomic E-state index is -0.464. The maximum Gasteiger partial charge on any atom is 0.407 e. The first-order valence-electron chi connectivity index (χ1n) is 6.40. The van der Waals surface area contributed by atoms with E-state index in [-0.39, 0.29) is 18.1 Å². The number of aliphatic hydroxyl groups excluding tert-OH is 1. The fourth-order valence-electron chi connectivity index (χ4n) is 3.00. The van der Waals surface area contributed by atoms with Gasteiger partial charge in [0, 0.05) is 12.0 Å². The molecule has 2 saturated carbocycles. The average Bonchev–Trinajstić information content (AvgIpc) is 2.82. The zero-order valence-electron chi connectivity index (χ0n) is 11.0. The van der Waals surface area contributed by atoms with Crippen LogP contribution >= 0.6 is 0 Å². The van der Waals surface area contributed by atoms with Gasteiger partial charge in [-0.15, -0.1) is 0 Å². The van der Waals surface area contributed by atoms with E-state index in [1.807, 2.05) is 20.8 Å². The number of hydrogen-bond acceptors (Lipinski definition) is 3. The minimum Gasteiger partial charge on any atom is -0.444 e. The molecule has 1 unspecified atom stereocenters. The normalized spacial score (nSPS) is 29.6. The summed E-state index contributed by atoms with van der Waals surface area (Å²) >= 11 is 0. The van der Waals surface area contributed by atoms with Crippen molar-refractivity contribution in [2.24, 2.45) is 10.8 Å². The highest BCUT2D eigenvalue weighted by atomic mass is 16.6. The lowest BCUT2D eigenvalue weighted by Crippen LogP contribution is -2.39. The van der Waals surface area contributed by atoms with Crippen LogP contribution in [0.25, 0.3) is 0 Å². The van der Waals surface area contributed by atoms with E-state index in [9.17, 15) is 9.90 Å². The van der Waals surface area contributed by atoms with Crippen LogP contribution in [-0.2, 0) is 4.74 Å². The van der Waals surface area contributed by atoms with Gasteiger partial charge in [0.15, 0.2) is 0 Å². The molecule has 2 rings (SSSR count). The Balaban J connectivity index is 1.80. The summed E-state index contributed by atoms with van der Waals surface area (Å²) in [5, 5.41) is 12.3. The summed E-state index contributed by atoms with van der Waals surface area (Å²) in [6.07, 6.45) is 4.32. The molecular formula is C13H23NO3. The molecule has 17 heavy (non-hydrogen) atoms. The minimum absolute atomic E-state index is 0.0673. The highest BCUT2D eigenvalue weighted by Gasteiger charge is 2.68. The third kappa shape index (κ3) is 2.28. The second-order valence-electron chi connectivity index (χ2n) is 6.60. The summed E-state index contributed by atoms with van der Waals surface area (Å²) in [7, 11) is 0. The van der Waals surface area contributed by atoms with E-state index in [4.69, 9.17) is 4.74 Å². The molecule has 0 heterocycles. The van der Waals surface area contributed by atoms with Gasteiger partial charge in [-0.25, -0.2) is 4.79 Å². The lowest BCUT2D eigenvalue weighted by Gasteiger charge is -2.32. The number of hydrogen-bond donors (Lipinski definition) is 2. The van der Waals surface area contributed by atoms with Crippen LogP contribution in [-0.4, -0.2) is 30.0 Å². The summed E-state index contributed by atoms with van der Waals surface area (Å²) in [6, 6.07) is 0. The maximum atomic E-state index is 11.6. The Labute approximate surface area is 103 Å². The summed E-state index contributed by atoms with van der Waals surface area (Å²) < 4.78 is 5.19. The van der Waals surface area contributed by atoms with E-state index in [0.717, 1.165) is 6.42 Å². The molecule has 0 aromatic heterocycles. The number of carbonyl (C=O) groups excluding carboxylic acids is 1. The van der Waals surface area contributed by atoms with Gasteiger partial charge in [-0.2, -0.15) is 0 Å². The van der Waals surface area contributed by atoms with Crippen LogP contribution in [0.1, 0.15) is 46.5 Å². The summed E-state index contributed by atoms with van der Waals surface area (Å²) in [5.41, 5.74) is -0.201. The number of nitrogens with one attached hydrogen (secondary N) is 1. The van der Waals surface area contributed by atoms with Crippen LogP contribution in [0.4, 0.5) is 4.79 Å². The predicted octanol–water partition coefficient (Wildman–Crippen LogP) is 2.06. The van der Waals surface area contributed by atoms with Gasteiger partial charge in [0.2, 0.25) is 0 Å². The van der Waals surface area contributed by atoms with E-state index in [0.29, 0.717) is 12.0 Å². The van der Waals surface area contributed by atoms with Crippen LogP contribution in [0.3, 0.4) is 0 Å². The van der Waals surface area contributed by atoms with Gasteiger partial charge in [-0.3, -0.25) is 0 Å². The van der Waals surface area contributed by atoms with E-state index >= 15 is 0 Å². The molecule has 2 aliphatic carbocycles. The van der Waals surface area contributed by atoms with E-state index in [1.165, 1.54) is 19.3 Å². The molecule has 0 bridgehead atoms. The molecule has 98 valence electrons. The molecule has 1 amide bonds. The third-order valence-corrected chi connectivity index (χ3v) is 4.26. The molecular weight excluding hydrogens is 218 g/mol. The highest BCUT2D eigenvalue weighted by molar-refractivity contribution is 5.67. The lowest BCUT2D eigenvalue weighted by molar-refractivity contribution is 0.0481. The fourth-order valence-corrected chi connectivity index (χ4v) is 3.00. The van der Waals surface area contributed by atoms with Crippen LogP contribution in [0.5, 0.6) is 0 Å². The van der Waals surface area contributed by atoms with Crippen LogP contribution < -0.4 is 5.32 Å². The molecule has 0 saturated heterocycles. The second-order valence-corrected chi connectivity index (χ2v) is 6.60. The van der Waals surface area contributed by atoms with Gasteiger partial charge in [0.05, 0.1) is 6.61 Å². The van der Waals surface area contributed by atoms with Crippen LogP contribution in [0.15, 0.2) is 0 Å². The third-order valence-electron chi connectivity index (χ3n) is 4.26. The number of ether oxygens (including phenoxy) is 1. The highest BCUT2D eigenvalue weighted by Crippen LogP contribution is 2.73. The van der Waals surface area contributed by atoms with Crippen molar-refractivity contribution in [3.05, 3.63) is 0 Å². The number of aliphatic hydroxyl groups is 1. The van der Waals surface area contributed by atoms with Gasteiger partial charge in [0.1, 0.15) is 5.60 Å². The number of carbonyl (C=O) groups is 1. The van der Waals surface area contributed by atoms with Crippen molar-refractivity contribution in [2.75, 3.05) is 13.2 Å². The van der Waals surface area contributed by atoms with Crippen molar-refractivity contribution >= 4 is 6.09 Å². The molecule has 2 fully saturated rings. The van der Waals surface area contributed by atoms with E-state index in [2.05, 4.69) is 5.32 Å². The predicted molar refractivity (Wildman–Crippen MR) is 64.7 cm³/mol. The van der Waals surface area contributed by atoms with Gasteiger partial charge in [0.25, 0.3) is 0 Å². The van der Waals surface area contributed by atoms with Crippen molar-refractivity contribution < 1.29 is 14.6 Å². The van der Waals surface area contributed by atoms with Crippen molar-refractivity contribution in [3.63, 3.8) is 0 Å². The molecule has 0 aliphatic heterocycles. The molecule has 1 atom stereocenters. The Morgan fingerprint density at radius 3 is 2.41 bits per heavy atom. The molecule has 0 radical (unpaired) electrons. The first-order chi connectivity index (χ1) is 7.83. The monoisotopic (exact) mass is 241 g/mol. The number of alkyl carbamates (subject to hydrolysis) is 1. The molecule has 1 spiro atoms. The van der Waals surface area contributed by atoms with Crippen LogP contribution in [0.2, 0.25) is 0 Å². The van der Waals surface area contributed by atoms with Crippen molar-refractivity contribution in [1.82, 2.24) is 5.32 Å². The Bertz CT molecular complexity index is 317. The van der Waals surface area contributed by atoms with Gasteiger partial charge in [-0.05, 0) is 45.4 Å². The molecule has 0 aromatic carbocycles. The first-order valence-corrected chi connectivity index (χ1v) is 6.40. The summed E-state index contributed by atoms with van der Waals surface area (Å²) in [6.45, 7) is 6.25. The van der Waals surface area contributed by atoms with Gasteiger partial charge < -0.3 is 15.2 Å². The van der Waals surface area contributed by atoms with Gasteiger partial charge >= 0.3 is 6.09 Å². The quantitative estimate of drug-likeness (QED) is 0.795. The molecule has 4 nitrogen and oxygen atoms in total. The molecule has 2 N–H and O–H groups in total. The largest absolute Gasteiger partial charge is 0.444 e. The molecule has 4 heteroatoms. The number of amides is 1. The fraction of sp³-hybridized carbons (Fsp3) is 0.923. The van der Waals surface area contributed by atoms with Crippen molar-refractivity contribution in [2.45, 2.75) is 52.1 Å². The second kappa shape index (κ2) is 3.87. The Morgan fingerprint density at radius 1 is 1.41 bits per heavy atom. The average molecular weight is 241 g/mol. The Kier molecular flexibility index (Phi) is 2.89. The van der Waals surface area contributed by atoms with Crippen LogP contribution in [0, 0.1) is 10.8 Å². The lowest BCUT2D eigenvalue weighted by atomic mass is 9.75. The zero-order chi connectivity index (χ0) is 12.7. The van der Waals surface area contributed by atoms with Crippen molar-refractivity contribution in [1.29, 1.82) is 0 Å². The summed E-state index contributed by atoms with van der Waals surface area (Å²) in [4.78, 5) is 11.6. The Morgan fingerprint density at radius 2 is 2.06 bits per heavy atom. The topological polar surface area (TPSA) is 58.6 Å². The van der Waals surface area contributed by atoms with Crippen molar-refractivity contribution in [3.8, 4) is 0 Å². The zero-order valence-corrected chi connectivity index (χ0v) is 11.0. The summed E-state index contributed by atoms with van der Waals surface area (Å²) in [5.74, 6) is 0. The van der Waals surface area contributed by atoms with E-state index < -0.39 is 5.60 Å². The maximum absolute atomic E-state index is 11.6. The number of rotatable bonds is 3. The smallest absolute Gasteiger partial charge is 0.407 e. The molecule has 2 aliphatic rings. The van der Waals surface area contributed by atoms with E-state index in [1.54, 1.807) is 0 Å².